The van der Waals surface area contributed by atoms with Gasteiger partial charge in [-0.2, -0.15) is 5.26 Å². The number of piperidine rings is 1. The minimum Gasteiger partial charge on any atom is -0.342 e. The molecule has 1 aliphatic heterocycles. The average Bonchev–Trinajstić information content (AvgIpc) is 3.16. The molecule has 116 valence electrons. The number of thiophene rings is 1. The SMILES string of the molecule is Cn1cc(CN2CCCC[C@H]2CCc2cccs2)cc1C#N. The first-order valence-corrected chi connectivity index (χ1v) is 8.96. The predicted octanol–water partition coefficient (Wildman–Crippen LogP) is 3.95. The molecule has 3 heterocycles. The molecule has 0 spiro atoms. The highest BCUT2D eigenvalue weighted by atomic mass is 32.1. The summed E-state index contributed by atoms with van der Waals surface area (Å²) in [5.41, 5.74) is 2.02. The van der Waals surface area contributed by atoms with Gasteiger partial charge in [-0.1, -0.05) is 12.5 Å². The Kier molecular flexibility index (Phi) is 4.97. The molecule has 0 radical (unpaired) electrons. The minimum absolute atomic E-state index is 0.682. The molecule has 1 fully saturated rings. The summed E-state index contributed by atoms with van der Waals surface area (Å²) in [4.78, 5) is 4.12. The Labute approximate surface area is 136 Å². The third-order valence-corrected chi connectivity index (χ3v) is 5.55. The highest BCUT2D eigenvalue weighted by Gasteiger charge is 2.22. The van der Waals surface area contributed by atoms with Crippen molar-refractivity contribution >= 4 is 11.3 Å². The van der Waals surface area contributed by atoms with Crippen molar-refractivity contribution in [2.75, 3.05) is 6.54 Å². The molecule has 3 rings (SSSR count). The molecule has 0 saturated carbocycles. The highest BCUT2D eigenvalue weighted by Crippen LogP contribution is 2.24. The van der Waals surface area contributed by atoms with Crippen molar-refractivity contribution in [1.82, 2.24) is 9.47 Å². The molecule has 3 nitrogen and oxygen atoms in total. The summed E-state index contributed by atoms with van der Waals surface area (Å²) in [6.07, 6.45) is 8.50. The van der Waals surface area contributed by atoms with E-state index in [9.17, 15) is 0 Å². The molecule has 0 aromatic carbocycles. The molecule has 2 aromatic rings. The Morgan fingerprint density at radius 3 is 3.05 bits per heavy atom. The average molecular weight is 313 g/mol. The molecular weight excluding hydrogens is 290 g/mol. The van der Waals surface area contributed by atoms with Gasteiger partial charge in [0, 0.05) is 30.7 Å². The van der Waals surface area contributed by atoms with Crippen LogP contribution in [-0.2, 0) is 20.0 Å². The Hall–Kier alpha value is -1.57. The number of aryl methyl sites for hydroxylation is 2. The van der Waals surface area contributed by atoms with Crippen LogP contribution in [0.25, 0.3) is 0 Å². The summed E-state index contributed by atoms with van der Waals surface area (Å²) in [5, 5.41) is 11.3. The van der Waals surface area contributed by atoms with Crippen LogP contribution < -0.4 is 0 Å². The van der Waals surface area contributed by atoms with Crippen LogP contribution in [0.3, 0.4) is 0 Å². The topological polar surface area (TPSA) is 32.0 Å². The molecule has 1 saturated heterocycles. The van der Waals surface area contributed by atoms with Gasteiger partial charge in [0.2, 0.25) is 0 Å². The molecule has 4 heteroatoms. The lowest BCUT2D eigenvalue weighted by molar-refractivity contribution is 0.132. The lowest BCUT2D eigenvalue weighted by atomic mass is 9.97. The lowest BCUT2D eigenvalue weighted by Gasteiger charge is -2.35. The second-order valence-electron chi connectivity index (χ2n) is 6.19. The van der Waals surface area contributed by atoms with E-state index in [1.54, 1.807) is 0 Å². The smallest absolute Gasteiger partial charge is 0.120 e. The zero-order valence-electron chi connectivity index (χ0n) is 13.2. The summed E-state index contributed by atoms with van der Waals surface area (Å²) in [6.45, 7) is 2.16. The van der Waals surface area contributed by atoms with Gasteiger partial charge in [-0.05, 0) is 55.3 Å². The quantitative estimate of drug-likeness (QED) is 0.837. The summed E-state index contributed by atoms with van der Waals surface area (Å²) < 4.78 is 1.93. The Bertz CT molecular complexity index is 636. The van der Waals surface area contributed by atoms with E-state index in [1.807, 2.05) is 29.0 Å². The first-order valence-electron chi connectivity index (χ1n) is 8.08. The Morgan fingerprint density at radius 2 is 2.32 bits per heavy atom. The van der Waals surface area contributed by atoms with Crippen molar-refractivity contribution in [3.05, 3.63) is 45.9 Å². The van der Waals surface area contributed by atoms with E-state index >= 15 is 0 Å². The fourth-order valence-electron chi connectivity index (χ4n) is 3.42. The summed E-state index contributed by atoms with van der Waals surface area (Å²) >= 11 is 1.87. The zero-order chi connectivity index (χ0) is 15.4. The van der Waals surface area contributed by atoms with Crippen LogP contribution in [0.2, 0.25) is 0 Å². The summed E-state index contributed by atoms with van der Waals surface area (Å²) in [5.74, 6) is 0. The molecule has 0 unspecified atom stereocenters. The van der Waals surface area contributed by atoms with E-state index in [1.165, 1.54) is 49.1 Å². The first-order chi connectivity index (χ1) is 10.8. The summed E-state index contributed by atoms with van der Waals surface area (Å²) in [6, 6.07) is 9.36. The molecule has 2 aromatic heterocycles. The number of aromatic nitrogens is 1. The van der Waals surface area contributed by atoms with Crippen molar-refractivity contribution in [3.63, 3.8) is 0 Å². The predicted molar refractivity (Wildman–Crippen MR) is 90.8 cm³/mol. The van der Waals surface area contributed by atoms with Crippen molar-refractivity contribution < 1.29 is 0 Å². The van der Waals surface area contributed by atoms with Gasteiger partial charge in [-0.25, -0.2) is 0 Å². The molecule has 1 aliphatic rings. The van der Waals surface area contributed by atoms with Gasteiger partial charge in [-0.15, -0.1) is 11.3 Å². The largest absolute Gasteiger partial charge is 0.342 e. The third kappa shape index (κ3) is 3.60. The highest BCUT2D eigenvalue weighted by molar-refractivity contribution is 7.09. The molecule has 0 amide bonds. The first kappa shape index (κ1) is 15.3. The number of nitrogens with zero attached hydrogens (tertiary/aromatic N) is 3. The van der Waals surface area contributed by atoms with Crippen LogP contribution in [-0.4, -0.2) is 22.1 Å². The number of likely N-dealkylation sites (tertiary alicyclic amines) is 1. The number of nitriles is 1. The molecule has 1 atom stereocenters. The van der Waals surface area contributed by atoms with Crippen LogP contribution in [0.5, 0.6) is 0 Å². The maximum atomic E-state index is 9.10. The van der Waals surface area contributed by atoms with E-state index in [-0.39, 0.29) is 0 Å². The van der Waals surface area contributed by atoms with Crippen molar-refractivity contribution in [3.8, 4) is 6.07 Å². The maximum absolute atomic E-state index is 9.10. The van der Waals surface area contributed by atoms with Crippen LogP contribution in [0.1, 0.15) is 41.8 Å². The summed E-state index contributed by atoms with van der Waals surface area (Å²) in [7, 11) is 1.95. The Morgan fingerprint density at radius 1 is 1.41 bits per heavy atom. The van der Waals surface area contributed by atoms with Crippen molar-refractivity contribution in [1.29, 1.82) is 5.26 Å². The van der Waals surface area contributed by atoms with Crippen LogP contribution in [0.4, 0.5) is 0 Å². The maximum Gasteiger partial charge on any atom is 0.120 e. The normalized spacial score (nSPS) is 19.2. The van der Waals surface area contributed by atoms with E-state index in [4.69, 9.17) is 5.26 Å². The molecule has 22 heavy (non-hydrogen) atoms. The van der Waals surface area contributed by atoms with Gasteiger partial charge in [-0.3, -0.25) is 4.90 Å². The number of rotatable bonds is 5. The van der Waals surface area contributed by atoms with E-state index < -0.39 is 0 Å². The fourth-order valence-corrected chi connectivity index (χ4v) is 4.15. The van der Waals surface area contributed by atoms with E-state index in [2.05, 4.69) is 34.7 Å². The lowest BCUT2D eigenvalue weighted by Crippen LogP contribution is -2.39. The molecule has 0 bridgehead atoms. The van der Waals surface area contributed by atoms with Crippen LogP contribution in [0, 0.1) is 11.3 Å². The fraction of sp³-hybridized carbons (Fsp3) is 0.500. The monoisotopic (exact) mass is 313 g/mol. The van der Waals surface area contributed by atoms with Crippen LogP contribution >= 0.6 is 11.3 Å². The van der Waals surface area contributed by atoms with Crippen molar-refractivity contribution in [2.24, 2.45) is 7.05 Å². The van der Waals surface area contributed by atoms with Crippen molar-refractivity contribution in [2.45, 2.75) is 44.7 Å². The second-order valence-corrected chi connectivity index (χ2v) is 7.23. The Balaban J connectivity index is 1.63. The van der Waals surface area contributed by atoms with E-state index in [0.717, 1.165) is 12.2 Å². The van der Waals surface area contributed by atoms with Gasteiger partial charge >= 0.3 is 0 Å². The second kappa shape index (κ2) is 7.13. The van der Waals surface area contributed by atoms with Gasteiger partial charge in [0.15, 0.2) is 0 Å². The van der Waals surface area contributed by atoms with E-state index in [0.29, 0.717) is 6.04 Å². The van der Waals surface area contributed by atoms with Crippen LogP contribution in [0.15, 0.2) is 29.8 Å². The zero-order valence-corrected chi connectivity index (χ0v) is 14.0. The van der Waals surface area contributed by atoms with Gasteiger partial charge in [0.25, 0.3) is 0 Å². The number of hydrogen-bond acceptors (Lipinski definition) is 3. The number of hydrogen-bond donors (Lipinski definition) is 0. The van der Waals surface area contributed by atoms with Gasteiger partial charge < -0.3 is 4.57 Å². The van der Waals surface area contributed by atoms with Gasteiger partial charge in [0.1, 0.15) is 11.8 Å². The minimum atomic E-state index is 0.682. The molecule has 0 aliphatic carbocycles. The van der Waals surface area contributed by atoms with Gasteiger partial charge in [0.05, 0.1) is 0 Å². The third-order valence-electron chi connectivity index (χ3n) is 4.61. The molecule has 0 N–H and O–H groups in total. The molecular formula is C18H23N3S. The standard InChI is InChI=1S/C18H23N3S/c1-20-13-15(11-17(20)12-19)14-21-9-3-2-5-16(21)7-8-18-6-4-10-22-18/h4,6,10-11,13,16H,2-3,5,7-9,14H2,1H3/t16-/m0/s1.